The number of piperazine rings is 1. The predicted octanol–water partition coefficient (Wildman–Crippen LogP) is 4.45. The number of nitrogens with one attached hydrogen (secondary N) is 1. The maximum atomic E-state index is 13.7. The van der Waals surface area contributed by atoms with Gasteiger partial charge in [0.15, 0.2) is 0 Å². The van der Waals surface area contributed by atoms with Crippen molar-refractivity contribution in [3.8, 4) is 0 Å². The maximum Gasteiger partial charge on any atom is 0.259 e. The first-order valence-electron chi connectivity index (χ1n) is 14.2. The number of benzene rings is 1. The van der Waals surface area contributed by atoms with Gasteiger partial charge >= 0.3 is 0 Å². The van der Waals surface area contributed by atoms with E-state index >= 15 is 0 Å². The molecule has 2 fully saturated rings. The van der Waals surface area contributed by atoms with Gasteiger partial charge in [-0.15, -0.1) is 0 Å². The molecule has 6 rings (SSSR count). The van der Waals surface area contributed by atoms with E-state index < -0.39 is 10.8 Å². The zero-order chi connectivity index (χ0) is 28.8. The lowest BCUT2D eigenvalue weighted by atomic mass is 9.97. The molecule has 2 aliphatic rings. The van der Waals surface area contributed by atoms with E-state index in [2.05, 4.69) is 44.1 Å². The van der Waals surface area contributed by atoms with Crippen LogP contribution in [-0.2, 0) is 17.8 Å². The van der Waals surface area contributed by atoms with Crippen LogP contribution in [-0.4, -0.2) is 56.2 Å². The zero-order valence-corrected chi connectivity index (χ0v) is 25.2. The Bertz CT molecular complexity index is 1690. The molecule has 4 aromatic rings. The van der Waals surface area contributed by atoms with Crippen LogP contribution in [0.4, 0.5) is 17.2 Å². The highest BCUT2D eigenvalue weighted by Gasteiger charge is 2.27. The van der Waals surface area contributed by atoms with Gasteiger partial charge in [0.1, 0.15) is 16.7 Å². The molecule has 3 aromatic heterocycles. The number of rotatable bonds is 7. The fourth-order valence-electron chi connectivity index (χ4n) is 5.78. The van der Waals surface area contributed by atoms with Crippen molar-refractivity contribution in [2.45, 2.75) is 50.6 Å². The van der Waals surface area contributed by atoms with Gasteiger partial charge in [-0.25, -0.2) is 15.0 Å². The summed E-state index contributed by atoms with van der Waals surface area (Å²) >= 11 is 0. The Morgan fingerprint density at radius 2 is 1.66 bits per heavy atom. The lowest BCUT2D eigenvalue weighted by Gasteiger charge is -2.37. The van der Waals surface area contributed by atoms with E-state index in [9.17, 15) is 9.00 Å². The van der Waals surface area contributed by atoms with Crippen LogP contribution in [0, 0.1) is 13.8 Å². The molecule has 0 spiro atoms. The van der Waals surface area contributed by atoms with Crippen LogP contribution in [0.2, 0.25) is 0 Å². The summed E-state index contributed by atoms with van der Waals surface area (Å²) in [6.07, 6.45) is 7.73. The van der Waals surface area contributed by atoms with Crippen LogP contribution >= 0.6 is 0 Å². The first-order chi connectivity index (χ1) is 19.7. The lowest BCUT2D eigenvalue weighted by Crippen LogP contribution is -2.48. The van der Waals surface area contributed by atoms with Crippen molar-refractivity contribution in [3.63, 3.8) is 0 Å². The second kappa shape index (κ2) is 10.9. The highest BCUT2D eigenvalue weighted by atomic mass is 32.2. The van der Waals surface area contributed by atoms with Gasteiger partial charge in [-0.2, -0.15) is 0 Å². The molecule has 2 atom stereocenters. The predicted molar refractivity (Wildman–Crippen MR) is 166 cm³/mol. The van der Waals surface area contributed by atoms with Crippen molar-refractivity contribution in [1.29, 1.82) is 0 Å². The molecule has 1 aliphatic carbocycles. The fourth-order valence-corrected chi connectivity index (χ4v) is 6.45. The fraction of sp³-hybridized carbons (Fsp3) is 0.419. The number of aromatic nitrogens is 4. The molecule has 41 heavy (non-hydrogen) atoms. The standard InChI is InChI=1S/C31H37N7O2S/c1-19-14-24(20(2)34-28-9-8-27(22-6-7-22)35-30(28)41(5)40)25-16-29(36(4)31(39)26(25)15-19)38-12-10-37(11-13-38)23-17-32-21(3)33-18-23/h8-9,14-18,20,22,34H,6-7,10-13H2,1-5H3/t20-,41?/m1/s1. The Morgan fingerprint density at radius 1 is 0.976 bits per heavy atom. The van der Waals surface area contributed by atoms with E-state index in [-0.39, 0.29) is 11.6 Å². The average Bonchev–Trinajstić information content (AvgIpc) is 3.81. The topological polar surface area (TPSA) is 96.2 Å². The summed E-state index contributed by atoms with van der Waals surface area (Å²) < 4.78 is 14.4. The number of aryl methyl sites for hydroxylation is 2. The third-order valence-corrected chi connectivity index (χ3v) is 9.09. The third-order valence-electron chi connectivity index (χ3n) is 8.23. The summed E-state index contributed by atoms with van der Waals surface area (Å²) in [5, 5.41) is 5.81. The summed E-state index contributed by atoms with van der Waals surface area (Å²) in [5.74, 6) is 2.16. The quantitative estimate of drug-likeness (QED) is 0.348. The largest absolute Gasteiger partial charge is 0.376 e. The smallest absolute Gasteiger partial charge is 0.259 e. The summed E-state index contributed by atoms with van der Waals surface area (Å²) in [6.45, 7) is 9.20. The minimum atomic E-state index is -1.22. The molecule has 1 saturated heterocycles. The Morgan fingerprint density at radius 3 is 2.32 bits per heavy atom. The van der Waals surface area contributed by atoms with Gasteiger partial charge in [-0.3, -0.25) is 13.6 Å². The number of pyridine rings is 2. The molecule has 1 aromatic carbocycles. The van der Waals surface area contributed by atoms with E-state index in [1.54, 1.807) is 10.8 Å². The summed E-state index contributed by atoms with van der Waals surface area (Å²) in [4.78, 5) is 31.7. The summed E-state index contributed by atoms with van der Waals surface area (Å²) in [5.41, 5.74) is 4.88. The highest BCUT2D eigenvalue weighted by Crippen LogP contribution is 2.40. The average molecular weight is 572 g/mol. The van der Waals surface area contributed by atoms with Gasteiger partial charge in [0.05, 0.1) is 34.6 Å². The van der Waals surface area contributed by atoms with Gasteiger partial charge in [-0.1, -0.05) is 6.07 Å². The second-order valence-electron chi connectivity index (χ2n) is 11.3. The minimum Gasteiger partial charge on any atom is -0.376 e. The molecule has 10 heteroatoms. The molecule has 1 N–H and O–H groups in total. The number of hydrogen-bond acceptors (Lipinski definition) is 8. The first kappa shape index (κ1) is 27.4. The number of fused-ring (bicyclic) bond motifs is 1. The van der Waals surface area contributed by atoms with Crippen LogP contribution in [0.5, 0.6) is 0 Å². The molecular weight excluding hydrogens is 534 g/mol. The SMILES string of the molecule is Cc1cc([C@@H](C)Nc2ccc(C3CC3)nc2S(C)=O)c2cc(N3CCN(c4cnc(C)nc4)CC3)n(C)c(=O)c2c1. The molecule has 9 nitrogen and oxygen atoms in total. The molecule has 4 heterocycles. The van der Waals surface area contributed by atoms with Gasteiger partial charge in [0.25, 0.3) is 5.56 Å². The van der Waals surface area contributed by atoms with Gasteiger partial charge in [-0.05, 0) is 74.4 Å². The Kier molecular flexibility index (Phi) is 7.27. The Balaban J connectivity index is 1.32. The molecule has 1 unspecified atom stereocenters. The van der Waals surface area contributed by atoms with Crippen molar-refractivity contribution in [1.82, 2.24) is 19.5 Å². The first-order valence-corrected chi connectivity index (χ1v) is 15.8. The number of anilines is 3. The second-order valence-corrected chi connectivity index (χ2v) is 12.6. The molecule has 0 amide bonds. The monoisotopic (exact) mass is 571 g/mol. The van der Waals surface area contributed by atoms with Crippen LogP contribution in [0.15, 0.2) is 52.5 Å². The van der Waals surface area contributed by atoms with Gasteiger partial charge in [0, 0.05) is 62.5 Å². The lowest BCUT2D eigenvalue weighted by molar-refractivity contribution is 0.631. The minimum absolute atomic E-state index is 0.00480. The van der Waals surface area contributed by atoms with Crippen molar-refractivity contribution >= 4 is 38.8 Å². The van der Waals surface area contributed by atoms with E-state index in [0.717, 1.165) is 84.2 Å². The Labute approximate surface area is 243 Å². The van der Waals surface area contributed by atoms with Crippen molar-refractivity contribution in [3.05, 3.63) is 75.7 Å². The third kappa shape index (κ3) is 5.45. The Hall–Kier alpha value is -3.79. The molecule has 0 radical (unpaired) electrons. The summed E-state index contributed by atoms with van der Waals surface area (Å²) in [6, 6.07) is 10.2. The van der Waals surface area contributed by atoms with Crippen molar-refractivity contribution in [2.75, 3.05) is 47.6 Å². The molecule has 1 aliphatic heterocycles. The van der Waals surface area contributed by atoms with E-state index in [0.29, 0.717) is 16.3 Å². The van der Waals surface area contributed by atoms with Crippen LogP contribution in [0.3, 0.4) is 0 Å². The van der Waals surface area contributed by atoms with Gasteiger partial charge in [0.2, 0.25) is 0 Å². The van der Waals surface area contributed by atoms with E-state index in [4.69, 9.17) is 4.98 Å². The van der Waals surface area contributed by atoms with Gasteiger partial charge < -0.3 is 15.1 Å². The van der Waals surface area contributed by atoms with E-state index in [1.807, 2.05) is 51.5 Å². The molecule has 1 saturated carbocycles. The normalized spacial score (nSPS) is 17.1. The maximum absolute atomic E-state index is 13.7. The molecule has 214 valence electrons. The molecular formula is C31H37N7O2S. The summed E-state index contributed by atoms with van der Waals surface area (Å²) in [7, 11) is 0.637. The van der Waals surface area contributed by atoms with Crippen LogP contribution in [0.1, 0.15) is 54.4 Å². The van der Waals surface area contributed by atoms with Crippen LogP contribution in [0.25, 0.3) is 10.8 Å². The van der Waals surface area contributed by atoms with Crippen LogP contribution < -0.4 is 20.7 Å². The molecule has 0 bridgehead atoms. The number of nitrogens with zero attached hydrogens (tertiary/aromatic N) is 6. The number of hydrogen-bond donors (Lipinski definition) is 1. The zero-order valence-electron chi connectivity index (χ0n) is 24.3. The highest BCUT2D eigenvalue weighted by molar-refractivity contribution is 7.84. The van der Waals surface area contributed by atoms with Crippen molar-refractivity contribution in [2.24, 2.45) is 7.05 Å². The van der Waals surface area contributed by atoms with Crippen molar-refractivity contribution < 1.29 is 4.21 Å². The van der Waals surface area contributed by atoms with E-state index in [1.165, 1.54) is 0 Å².